The van der Waals surface area contributed by atoms with Crippen LogP contribution in [0.4, 0.5) is 0 Å². The van der Waals surface area contributed by atoms with Crippen molar-refractivity contribution < 1.29 is 14.7 Å². The molecule has 1 saturated heterocycles. The Balaban J connectivity index is 1.98. The average Bonchev–Trinajstić information content (AvgIpc) is 2.89. The van der Waals surface area contributed by atoms with Crippen molar-refractivity contribution in [3.8, 4) is 0 Å². The Labute approximate surface area is 101 Å². The minimum absolute atomic E-state index is 0.00800. The number of carbonyl (C=O) groups is 2. The number of hydrogen-bond donors (Lipinski definition) is 3. The molecule has 2 aliphatic rings. The summed E-state index contributed by atoms with van der Waals surface area (Å²) in [5, 5.41) is 15.3. The van der Waals surface area contributed by atoms with Gasteiger partial charge in [-0.15, -0.1) is 0 Å². The highest BCUT2D eigenvalue weighted by atomic mass is 16.4. The molecule has 3 N–H and O–H groups in total. The molecule has 3 unspecified atom stereocenters. The lowest BCUT2D eigenvalue weighted by Crippen LogP contribution is -2.49. The molecule has 0 aromatic rings. The average molecular weight is 240 g/mol. The van der Waals surface area contributed by atoms with Crippen LogP contribution >= 0.6 is 0 Å². The third-order valence-corrected chi connectivity index (χ3v) is 4.19. The molecule has 2 rings (SSSR count). The zero-order valence-electron chi connectivity index (χ0n) is 10.2. The predicted molar refractivity (Wildman–Crippen MR) is 62.5 cm³/mol. The first kappa shape index (κ1) is 12.4. The SMILES string of the molecule is CC1(C(=O)O)CCCC1NC(=O)C1CCNC1. The third-order valence-electron chi connectivity index (χ3n) is 4.19. The summed E-state index contributed by atoms with van der Waals surface area (Å²) < 4.78 is 0. The maximum atomic E-state index is 12.0. The predicted octanol–water partition coefficient (Wildman–Crippen LogP) is 0.356. The molecule has 1 amide bonds. The molecule has 17 heavy (non-hydrogen) atoms. The van der Waals surface area contributed by atoms with Gasteiger partial charge in [-0.1, -0.05) is 6.42 Å². The Kier molecular flexibility index (Phi) is 3.38. The van der Waals surface area contributed by atoms with Crippen LogP contribution in [0, 0.1) is 11.3 Å². The first-order valence-electron chi connectivity index (χ1n) is 6.28. The van der Waals surface area contributed by atoms with Gasteiger partial charge in [0.1, 0.15) is 0 Å². The van der Waals surface area contributed by atoms with E-state index in [-0.39, 0.29) is 17.9 Å². The highest BCUT2D eigenvalue weighted by molar-refractivity contribution is 5.82. The Hall–Kier alpha value is -1.10. The van der Waals surface area contributed by atoms with Crippen LogP contribution in [0.2, 0.25) is 0 Å². The van der Waals surface area contributed by atoms with Crippen molar-refractivity contribution in [2.75, 3.05) is 13.1 Å². The number of carboxylic acids is 1. The zero-order chi connectivity index (χ0) is 12.5. The lowest BCUT2D eigenvalue weighted by molar-refractivity contribution is -0.149. The van der Waals surface area contributed by atoms with E-state index in [0.29, 0.717) is 13.0 Å². The summed E-state index contributed by atoms with van der Waals surface area (Å²) in [7, 11) is 0. The van der Waals surface area contributed by atoms with Crippen molar-refractivity contribution in [2.45, 2.75) is 38.6 Å². The van der Waals surface area contributed by atoms with E-state index in [2.05, 4.69) is 10.6 Å². The second-order valence-electron chi connectivity index (χ2n) is 5.37. The largest absolute Gasteiger partial charge is 0.481 e. The number of hydrogen-bond acceptors (Lipinski definition) is 3. The molecule has 0 radical (unpaired) electrons. The number of carboxylic acid groups (broad SMARTS) is 1. The van der Waals surface area contributed by atoms with Crippen LogP contribution in [-0.2, 0) is 9.59 Å². The van der Waals surface area contributed by atoms with E-state index in [1.165, 1.54) is 0 Å². The normalized spacial score (nSPS) is 37.0. The van der Waals surface area contributed by atoms with Gasteiger partial charge in [0.05, 0.1) is 11.3 Å². The number of aliphatic carboxylic acids is 1. The molecular weight excluding hydrogens is 220 g/mol. The minimum Gasteiger partial charge on any atom is -0.481 e. The Bertz CT molecular complexity index is 326. The van der Waals surface area contributed by atoms with Crippen LogP contribution in [0.15, 0.2) is 0 Å². The van der Waals surface area contributed by atoms with Gasteiger partial charge < -0.3 is 15.7 Å². The zero-order valence-corrected chi connectivity index (χ0v) is 10.2. The van der Waals surface area contributed by atoms with Gasteiger partial charge in [0.2, 0.25) is 5.91 Å². The topological polar surface area (TPSA) is 78.4 Å². The summed E-state index contributed by atoms with van der Waals surface area (Å²) in [6.07, 6.45) is 3.14. The monoisotopic (exact) mass is 240 g/mol. The molecule has 5 nitrogen and oxygen atoms in total. The van der Waals surface area contributed by atoms with Gasteiger partial charge in [-0.2, -0.15) is 0 Å². The summed E-state index contributed by atoms with van der Waals surface area (Å²) in [5.41, 5.74) is -0.790. The van der Waals surface area contributed by atoms with Crippen molar-refractivity contribution >= 4 is 11.9 Å². The quantitative estimate of drug-likeness (QED) is 0.665. The van der Waals surface area contributed by atoms with Crippen LogP contribution in [0.3, 0.4) is 0 Å². The number of rotatable bonds is 3. The highest BCUT2D eigenvalue weighted by Crippen LogP contribution is 2.38. The Morgan fingerprint density at radius 1 is 1.41 bits per heavy atom. The van der Waals surface area contributed by atoms with E-state index in [4.69, 9.17) is 0 Å². The van der Waals surface area contributed by atoms with E-state index in [1.807, 2.05) is 0 Å². The fraction of sp³-hybridized carbons (Fsp3) is 0.833. The van der Waals surface area contributed by atoms with Crippen LogP contribution in [0.25, 0.3) is 0 Å². The van der Waals surface area contributed by atoms with E-state index in [1.54, 1.807) is 6.92 Å². The van der Waals surface area contributed by atoms with Crippen molar-refractivity contribution in [2.24, 2.45) is 11.3 Å². The standard InChI is InChI=1S/C12H20N2O3/c1-12(11(16)17)5-2-3-9(12)14-10(15)8-4-6-13-7-8/h8-9,13H,2-7H2,1H3,(H,14,15)(H,16,17). The molecule has 0 spiro atoms. The van der Waals surface area contributed by atoms with Crippen LogP contribution < -0.4 is 10.6 Å². The molecule has 0 aromatic carbocycles. The van der Waals surface area contributed by atoms with E-state index in [0.717, 1.165) is 25.8 Å². The number of amides is 1. The van der Waals surface area contributed by atoms with Gasteiger partial charge in [0, 0.05) is 12.6 Å². The number of nitrogens with one attached hydrogen (secondary N) is 2. The minimum atomic E-state index is -0.801. The second-order valence-corrected chi connectivity index (χ2v) is 5.37. The Morgan fingerprint density at radius 2 is 2.18 bits per heavy atom. The molecule has 1 aliphatic carbocycles. The molecule has 5 heteroatoms. The van der Waals surface area contributed by atoms with Crippen molar-refractivity contribution in [1.82, 2.24) is 10.6 Å². The summed E-state index contributed by atoms with van der Waals surface area (Å²) in [4.78, 5) is 23.2. The fourth-order valence-electron chi connectivity index (χ4n) is 2.82. The first-order chi connectivity index (χ1) is 8.04. The smallest absolute Gasteiger partial charge is 0.311 e. The summed E-state index contributed by atoms with van der Waals surface area (Å²) in [6.45, 7) is 3.32. The molecule has 0 aromatic heterocycles. The molecule has 2 fully saturated rings. The maximum absolute atomic E-state index is 12.0. The molecule has 1 aliphatic heterocycles. The van der Waals surface area contributed by atoms with Crippen LogP contribution in [-0.4, -0.2) is 36.1 Å². The summed E-state index contributed by atoms with van der Waals surface area (Å²) >= 11 is 0. The molecule has 3 atom stereocenters. The molecule has 1 saturated carbocycles. The fourth-order valence-corrected chi connectivity index (χ4v) is 2.82. The lowest BCUT2D eigenvalue weighted by Gasteiger charge is -2.28. The van der Waals surface area contributed by atoms with Gasteiger partial charge in [-0.05, 0) is 32.7 Å². The van der Waals surface area contributed by atoms with Crippen molar-refractivity contribution in [3.05, 3.63) is 0 Å². The maximum Gasteiger partial charge on any atom is 0.311 e. The summed E-state index contributed by atoms with van der Waals surface area (Å²) in [6, 6.07) is -0.215. The van der Waals surface area contributed by atoms with Gasteiger partial charge in [0.15, 0.2) is 0 Å². The summed E-state index contributed by atoms with van der Waals surface area (Å²) in [5.74, 6) is -0.784. The highest BCUT2D eigenvalue weighted by Gasteiger charge is 2.46. The van der Waals surface area contributed by atoms with Crippen LogP contribution in [0.5, 0.6) is 0 Å². The van der Waals surface area contributed by atoms with Crippen molar-refractivity contribution in [1.29, 1.82) is 0 Å². The van der Waals surface area contributed by atoms with E-state index < -0.39 is 11.4 Å². The first-order valence-corrected chi connectivity index (χ1v) is 6.28. The van der Waals surface area contributed by atoms with E-state index in [9.17, 15) is 14.7 Å². The second kappa shape index (κ2) is 4.64. The van der Waals surface area contributed by atoms with Gasteiger partial charge in [-0.25, -0.2) is 0 Å². The van der Waals surface area contributed by atoms with Gasteiger partial charge >= 0.3 is 5.97 Å². The Morgan fingerprint density at radius 3 is 2.76 bits per heavy atom. The van der Waals surface area contributed by atoms with Crippen LogP contribution in [0.1, 0.15) is 32.6 Å². The molecule has 1 heterocycles. The molecular formula is C12H20N2O3. The number of carbonyl (C=O) groups excluding carboxylic acids is 1. The third kappa shape index (κ3) is 2.29. The lowest BCUT2D eigenvalue weighted by atomic mass is 9.84. The van der Waals surface area contributed by atoms with Crippen molar-refractivity contribution in [3.63, 3.8) is 0 Å². The molecule has 0 bridgehead atoms. The van der Waals surface area contributed by atoms with Gasteiger partial charge in [-0.3, -0.25) is 9.59 Å². The van der Waals surface area contributed by atoms with E-state index >= 15 is 0 Å². The molecule has 96 valence electrons. The van der Waals surface area contributed by atoms with Gasteiger partial charge in [0.25, 0.3) is 0 Å².